The van der Waals surface area contributed by atoms with E-state index in [0.717, 1.165) is 35.1 Å². The van der Waals surface area contributed by atoms with Crippen molar-refractivity contribution in [1.29, 1.82) is 0 Å². The maximum absolute atomic E-state index is 12.6. The van der Waals surface area contributed by atoms with Crippen molar-refractivity contribution in [3.05, 3.63) is 71.8 Å². The molecular weight excluding hydrogens is 452 g/mol. The molecule has 1 fully saturated rings. The number of carbonyl (C=O) groups excluding carboxylic acids is 2. The van der Waals surface area contributed by atoms with E-state index in [1.807, 2.05) is 31.2 Å². The maximum Gasteiger partial charge on any atom is 0.407 e. The summed E-state index contributed by atoms with van der Waals surface area (Å²) in [6.45, 7) is 2.33. The molecule has 4 rings (SSSR count). The van der Waals surface area contributed by atoms with Gasteiger partial charge in [-0.1, -0.05) is 68.0 Å². The molecule has 2 aromatic carbocycles. The first-order valence-electron chi connectivity index (χ1n) is 11.4. The lowest BCUT2D eigenvalue weighted by Gasteiger charge is -2.25. The zero-order chi connectivity index (χ0) is 24.1. The SMILES string of the molecule is CCCC1SCC(C(=O)O)N1C(=O)/C=C/CNC(=O)OCC1c2ccccc2-c2ccccc21. The Morgan fingerprint density at radius 3 is 2.38 bits per heavy atom. The molecule has 0 saturated carbocycles. The van der Waals surface area contributed by atoms with Crippen LogP contribution >= 0.6 is 11.8 Å². The second-order valence-electron chi connectivity index (χ2n) is 8.29. The van der Waals surface area contributed by atoms with E-state index in [4.69, 9.17) is 4.74 Å². The summed E-state index contributed by atoms with van der Waals surface area (Å²) in [5, 5.41) is 11.9. The number of carboxylic acids is 1. The standard InChI is InChI=1S/C26H28N2O5S/c1-2-8-24-28(22(16-34-24)25(30)31)23(29)13-7-14-27-26(32)33-15-21-19-11-5-3-9-17(19)18-10-4-6-12-20(18)21/h3-7,9-13,21-22,24H,2,8,14-16H2,1H3,(H,27,32)(H,30,31)/b13-7+. The van der Waals surface area contributed by atoms with Gasteiger partial charge < -0.3 is 20.1 Å². The van der Waals surface area contributed by atoms with Gasteiger partial charge in [-0.2, -0.15) is 0 Å². The quantitative estimate of drug-likeness (QED) is 0.549. The number of nitrogens with zero attached hydrogens (tertiary/aromatic N) is 1. The van der Waals surface area contributed by atoms with Gasteiger partial charge in [-0.15, -0.1) is 11.8 Å². The molecular formula is C26H28N2O5S. The van der Waals surface area contributed by atoms with Crippen molar-refractivity contribution in [3.63, 3.8) is 0 Å². The van der Waals surface area contributed by atoms with Crippen molar-refractivity contribution in [3.8, 4) is 11.1 Å². The van der Waals surface area contributed by atoms with Gasteiger partial charge in [0.25, 0.3) is 0 Å². The first kappa shape index (κ1) is 23.9. The highest BCUT2D eigenvalue weighted by atomic mass is 32.2. The molecule has 1 saturated heterocycles. The van der Waals surface area contributed by atoms with Gasteiger partial charge in [0.15, 0.2) is 0 Å². The Labute approximate surface area is 203 Å². The third-order valence-electron chi connectivity index (χ3n) is 6.14. The van der Waals surface area contributed by atoms with Gasteiger partial charge >= 0.3 is 12.1 Å². The first-order chi connectivity index (χ1) is 16.5. The summed E-state index contributed by atoms with van der Waals surface area (Å²) in [4.78, 5) is 37.8. The van der Waals surface area contributed by atoms with Crippen LogP contribution in [0, 0.1) is 0 Å². The minimum Gasteiger partial charge on any atom is -0.480 e. The molecule has 2 aliphatic rings. The fourth-order valence-electron chi connectivity index (χ4n) is 4.56. The Hall–Kier alpha value is -3.26. The second kappa shape index (κ2) is 10.8. The lowest BCUT2D eigenvalue weighted by molar-refractivity contribution is -0.147. The summed E-state index contributed by atoms with van der Waals surface area (Å²) in [6.07, 6.45) is 3.89. The van der Waals surface area contributed by atoms with E-state index in [2.05, 4.69) is 29.6 Å². The molecule has 0 bridgehead atoms. The molecule has 0 radical (unpaired) electrons. The zero-order valence-corrected chi connectivity index (χ0v) is 19.8. The predicted molar refractivity (Wildman–Crippen MR) is 132 cm³/mol. The van der Waals surface area contributed by atoms with Crippen LogP contribution in [0.3, 0.4) is 0 Å². The molecule has 1 aliphatic heterocycles. The van der Waals surface area contributed by atoms with Crippen LogP contribution in [0.2, 0.25) is 0 Å². The Bertz CT molecular complexity index is 1060. The monoisotopic (exact) mass is 480 g/mol. The Kier molecular flexibility index (Phi) is 7.57. The van der Waals surface area contributed by atoms with Crippen molar-refractivity contribution in [2.24, 2.45) is 0 Å². The van der Waals surface area contributed by atoms with Crippen LogP contribution in [-0.2, 0) is 14.3 Å². The summed E-state index contributed by atoms with van der Waals surface area (Å²) in [7, 11) is 0. The largest absolute Gasteiger partial charge is 0.480 e. The van der Waals surface area contributed by atoms with E-state index in [-0.39, 0.29) is 30.4 Å². The number of amides is 2. The van der Waals surface area contributed by atoms with Gasteiger partial charge in [0, 0.05) is 24.3 Å². The lowest BCUT2D eigenvalue weighted by atomic mass is 9.98. The van der Waals surface area contributed by atoms with Crippen molar-refractivity contribution in [2.45, 2.75) is 37.1 Å². The van der Waals surface area contributed by atoms with Crippen LogP contribution in [0.15, 0.2) is 60.7 Å². The molecule has 2 atom stereocenters. The highest BCUT2D eigenvalue weighted by Gasteiger charge is 2.40. The van der Waals surface area contributed by atoms with Gasteiger partial charge in [-0.3, -0.25) is 4.79 Å². The summed E-state index contributed by atoms with van der Waals surface area (Å²) >= 11 is 1.49. The van der Waals surface area contributed by atoms with E-state index in [1.54, 1.807) is 0 Å². The number of carbonyl (C=O) groups is 3. The number of hydrogen-bond donors (Lipinski definition) is 2. The number of alkyl carbamates (subject to hydrolysis) is 1. The Balaban J connectivity index is 1.29. The van der Waals surface area contributed by atoms with Gasteiger partial charge in [0.05, 0.1) is 5.37 Å². The molecule has 2 unspecified atom stereocenters. The highest BCUT2D eigenvalue weighted by Crippen LogP contribution is 2.44. The molecule has 8 heteroatoms. The third-order valence-corrected chi connectivity index (χ3v) is 7.49. The van der Waals surface area contributed by atoms with Gasteiger partial charge in [0.2, 0.25) is 5.91 Å². The number of thioether (sulfide) groups is 1. The second-order valence-corrected chi connectivity index (χ2v) is 9.50. The minimum absolute atomic E-state index is 0.0219. The fourth-order valence-corrected chi connectivity index (χ4v) is 6.08. The molecule has 0 aromatic heterocycles. The lowest BCUT2D eigenvalue weighted by Crippen LogP contribution is -2.44. The zero-order valence-electron chi connectivity index (χ0n) is 19.0. The number of fused-ring (bicyclic) bond motifs is 3. The molecule has 34 heavy (non-hydrogen) atoms. The molecule has 1 heterocycles. The molecule has 0 spiro atoms. The van der Waals surface area contributed by atoms with Crippen LogP contribution in [0.1, 0.15) is 36.8 Å². The van der Waals surface area contributed by atoms with Gasteiger partial charge in [-0.25, -0.2) is 9.59 Å². The summed E-state index contributed by atoms with van der Waals surface area (Å²) in [5.41, 5.74) is 4.60. The van der Waals surface area contributed by atoms with E-state index in [1.165, 1.54) is 28.8 Å². The van der Waals surface area contributed by atoms with Crippen LogP contribution in [-0.4, -0.2) is 58.3 Å². The Morgan fingerprint density at radius 2 is 1.76 bits per heavy atom. The van der Waals surface area contributed by atoms with Gasteiger partial charge in [-0.05, 0) is 28.7 Å². The number of carboxylic acid groups (broad SMARTS) is 1. The molecule has 7 nitrogen and oxygen atoms in total. The van der Waals surface area contributed by atoms with Crippen LogP contribution < -0.4 is 5.32 Å². The van der Waals surface area contributed by atoms with Crippen molar-refractivity contribution in [1.82, 2.24) is 10.2 Å². The molecule has 2 aromatic rings. The summed E-state index contributed by atoms with van der Waals surface area (Å²) < 4.78 is 5.48. The molecule has 2 N–H and O–H groups in total. The Morgan fingerprint density at radius 1 is 1.12 bits per heavy atom. The fraction of sp³-hybridized carbons (Fsp3) is 0.346. The summed E-state index contributed by atoms with van der Waals surface area (Å²) in [5.74, 6) is -0.987. The van der Waals surface area contributed by atoms with Crippen molar-refractivity contribution in [2.75, 3.05) is 18.9 Å². The normalized spacial score (nSPS) is 19.1. The van der Waals surface area contributed by atoms with Crippen LogP contribution in [0.25, 0.3) is 11.1 Å². The summed E-state index contributed by atoms with van der Waals surface area (Å²) in [6, 6.07) is 15.4. The molecule has 178 valence electrons. The smallest absolute Gasteiger partial charge is 0.407 e. The average Bonchev–Trinajstić information content (AvgIpc) is 3.40. The highest BCUT2D eigenvalue weighted by molar-refractivity contribution is 8.00. The number of aliphatic carboxylic acids is 1. The van der Waals surface area contributed by atoms with E-state index in [9.17, 15) is 19.5 Å². The first-order valence-corrected chi connectivity index (χ1v) is 12.5. The van der Waals surface area contributed by atoms with E-state index in [0.29, 0.717) is 5.75 Å². The average molecular weight is 481 g/mol. The van der Waals surface area contributed by atoms with Crippen LogP contribution in [0.5, 0.6) is 0 Å². The van der Waals surface area contributed by atoms with E-state index >= 15 is 0 Å². The number of benzene rings is 2. The number of hydrogen-bond acceptors (Lipinski definition) is 5. The van der Waals surface area contributed by atoms with E-state index < -0.39 is 18.1 Å². The predicted octanol–water partition coefficient (Wildman–Crippen LogP) is 4.24. The maximum atomic E-state index is 12.6. The topological polar surface area (TPSA) is 95.9 Å². The van der Waals surface area contributed by atoms with Crippen LogP contribution in [0.4, 0.5) is 4.79 Å². The number of nitrogens with one attached hydrogen (secondary N) is 1. The molecule has 2 amide bonds. The van der Waals surface area contributed by atoms with Gasteiger partial charge in [0.1, 0.15) is 12.6 Å². The van der Waals surface area contributed by atoms with Crippen molar-refractivity contribution >= 4 is 29.7 Å². The number of rotatable bonds is 8. The number of ether oxygens (including phenoxy) is 1. The minimum atomic E-state index is -0.996. The van der Waals surface area contributed by atoms with Crippen molar-refractivity contribution < 1.29 is 24.2 Å². The third kappa shape index (κ3) is 4.97. The molecule has 1 aliphatic carbocycles.